The van der Waals surface area contributed by atoms with E-state index in [1.54, 1.807) is 6.08 Å². The van der Waals surface area contributed by atoms with E-state index >= 15 is 0 Å². The highest BCUT2D eigenvalue weighted by molar-refractivity contribution is 9.10. The molecule has 1 saturated carbocycles. The van der Waals surface area contributed by atoms with Crippen LogP contribution < -0.4 is 9.47 Å². The van der Waals surface area contributed by atoms with Gasteiger partial charge in [-0.3, -0.25) is 9.69 Å². The summed E-state index contributed by atoms with van der Waals surface area (Å²) in [5.41, 5.74) is 2.55. The number of ketones is 1. The summed E-state index contributed by atoms with van der Waals surface area (Å²) in [5, 5.41) is 0. The highest BCUT2D eigenvalue weighted by Crippen LogP contribution is 2.43. The second kappa shape index (κ2) is 5.71. The number of hydrogen-bond donors (Lipinski definition) is 0. The zero-order valence-corrected chi connectivity index (χ0v) is 15.1. The van der Waals surface area contributed by atoms with Crippen molar-refractivity contribution in [1.82, 2.24) is 4.90 Å². The zero-order chi connectivity index (χ0) is 17.0. The van der Waals surface area contributed by atoms with Crippen LogP contribution in [0.15, 0.2) is 46.6 Å². The molecule has 0 unspecified atom stereocenters. The van der Waals surface area contributed by atoms with Crippen molar-refractivity contribution in [2.45, 2.75) is 25.4 Å². The van der Waals surface area contributed by atoms with E-state index in [9.17, 15) is 4.79 Å². The fraction of sp³-hybridized carbons (Fsp3) is 0.250. The van der Waals surface area contributed by atoms with E-state index in [2.05, 4.69) is 20.8 Å². The van der Waals surface area contributed by atoms with Crippen molar-refractivity contribution in [2.24, 2.45) is 0 Å². The van der Waals surface area contributed by atoms with Crippen LogP contribution in [0, 0.1) is 0 Å². The number of fused-ring (bicyclic) bond motifs is 3. The number of benzene rings is 2. The minimum atomic E-state index is -0.0655. The van der Waals surface area contributed by atoms with Gasteiger partial charge in [0, 0.05) is 17.1 Å². The number of allylic oxidation sites excluding steroid dienone is 1. The van der Waals surface area contributed by atoms with Gasteiger partial charge < -0.3 is 9.47 Å². The quantitative estimate of drug-likeness (QED) is 0.704. The topological polar surface area (TPSA) is 38.8 Å². The molecule has 25 heavy (non-hydrogen) atoms. The Labute approximate surface area is 154 Å². The molecule has 0 atom stereocenters. The van der Waals surface area contributed by atoms with Crippen LogP contribution in [-0.2, 0) is 6.54 Å². The van der Waals surface area contributed by atoms with Crippen molar-refractivity contribution in [3.63, 3.8) is 0 Å². The predicted octanol–water partition coefficient (Wildman–Crippen LogP) is 4.38. The summed E-state index contributed by atoms with van der Waals surface area (Å²) in [6.45, 7) is 1.40. The molecule has 2 aromatic carbocycles. The first-order valence-corrected chi connectivity index (χ1v) is 9.21. The molecule has 0 aromatic heterocycles. The molecule has 4 nitrogen and oxygen atoms in total. The van der Waals surface area contributed by atoms with Gasteiger partial charge in [-0.05, 0) is 48.7 Å². The smallest absolute Gasteiger partial charge is 0.231 e. The number of nitrogens with zero attached hydrogens (tertiary/aromatic N) is 1. The summed E-state index contributed by atoms with van der Waals surface area (Å²) in [6.07, 6.45) is 4.24. The molecule has 0 N–H and O–H groups in total. The fourth-order valence-electron chi connectivity index (χ4n) is 3.36. The van der Waals surface area contributed by atoms with Crippen molar-refractivity contribution < 1.29 is 14.3 Å². The van der Waals surface area contributed by atoms with E-state index in [1.165, 1.54) is 12.8 Å². The van der Waals surface area contributed by atoms with E-state index in [0.717, 1.165) is 27.9 Å². The van der Waals surface area contributed by atoms with Gasteiger partial charge in [-0.2, -0.15) is 0 Å². The van der Waals surface area contributed by atoms with Gasteiger partial charge in [-0.15, -0.1) is 0 Å². The molecule has 2 aliphatic heterocycles. The molecular weight excluding hydrogens is 382 g/mol. The van der Waals surface area contributed by atoms with Crippen LogP contribution in [0.1, 0.15) is 34.3 Å². The molecule has 2 aromatic rings. The number of carbonyl (C=O) groups is 1. The Morgan fingerprint density at radius 2 is 1.92 bits per heavy atom. The number of halogens is 1. The van der Waals surface area contributed by atoms with Gasteiger partial charge in [0.25, 0.3) is 0 Å². The van der Waals surface area contributed by atoms with Gasteiger partial charge in [0.1, 0.15) is 18.2 Å². The van der Waals surface area contributed by atoms with E-state index in [1.807, 2.05) is 36.4 Å². The van der Waals surface area contributed by atoms with E-state index in [4.69, 9.17) is 9.47 Å². The fourth-order valence-corrected chi connectivity index (χ4v) is 3.62. The van der Waals surface area contributed by atoms with Crippen molar-refractivity contribution in [3.8, 4) is 11.5 Å². The van der Waals surface area contributed by atoms with Crippen molar-refractivity contribution in [3.05, 3.63) is 63.3 Å². The second-order valence-corrected chi connectivity index (χ2v) is 7.58. The van der Waals surface area contributed by atoms with Crippen molar-refractivity contribution >= 4 is 27.8 Å². The number of Topliss-reactive ketones (excluding diaryl/α,β-unsaturated/α-hetero) is 1. The highest BCUT2D eigenvalue weighted by atomic mass is 79.9. The van der Waals surface area contributed by atoms with Gasteiger partial charge >= 0.3 is 0 Å². The summed E-state index contributed by atoms with van der Waals surface area (Å²) >= 11 is 3.42. The monoisotopic (exact) mass is 397 g/mol. The number of ether oxygens (including phenoxy) is 2. The van der Waals surface area contributed by atoms with Gasteiger partial charge in [0.2, 0.25) is 5.78 Å². The molecule has 126 valence electrons. The third kappa shape index (κ3) is 2.68. The molecule has 0 bridgehead atoms. The Kier molecular flexibility index (Phi) is 3.47. The first-order chi connectivity index (χ1) is 12.2. The minimum absolute atomic E-state index is 0.0655. The third-order valence-electron chi connectivity index (χ3n) is 4.88. The first-order valence-electron chi connectivity index (χ1n) is 8.41. The normalized spacial score (nSPS) is 20.8. The molecule has 0 amide bonds. The average Bonchev–Trinajstić information content (AvgIpc) is 3.43. The molecule has 5 heteroatoms. The lowest BCUT2D eigenvalue weighted by atomic mass is 10.0. The molecule has 1 aliphatic carbocycles. The third-order valence-corrected chi connectivity index (χ3v) is 5.40. The molecule has 0 saturated heterocycles. The summed E-state index contributed by atoms with van der Waals surface area (Å²) < 4.78 is 12.9. The van der Waals surface area contributed by atoms with Gasteiger partial charge in [0.05, 0.1) is 11.1 Å². The Balaban J connectivity index is 1.50. The summed E-state index contributed by atoms with van der Waals surface area (Å²) in [4.78, 5) is 15.0. The predicted molar refractivity (Wildman–Crippen MR) is 97.6 cm³/mol. The maximum Gasteiger partial charge on any atom is 0.231 e. The number of carbonyl (C=O) groups excluding carboxylic acids is 1. The van der Waals surface area contributed by atoms with Crippen LogP contribution in [0.4, 0.5) is 0 Å². The SMILES string of the molecule is O=C1/C(=C/c2ccc(Br)cc2)Oc2c1ccc1c2CN(C2CC2)CO1. The Hall–Kier alpha value is -2.11. The standard InChI is InChI=1S/C20H16BrNO3/c21-13-3-1-12(2-4-13)9-18-19(23)15-7-8-17-16(20(15)25-18)10-22(11-24-17)14-5-6-14/h1-4,7-9,14H,5-6,10-11H2/b18-9-. The van der Waals surface area contributed by atoms with E-state index < -0.39 is 0 Å². The lowest BCUT2D eigenvalue weighted by molar-refractivity contribution is 0.0868. The van der Waals surface area contributed by atoms with Gasteiger partial charge in [0.15, 0.2) is 5.76 Å². The highest BCUT2D eigenvalue weighted by Gasteiger charge is 2.37. The van der Waals surface area contributed by atoms with Gasteiger partial charge in [-0.25, -0.2) is 0 Å². The van der Waals surface area contributed by atoms with E-state index in [-0.39, 0.29) is 5.78 Å². The van der Waals surface area contributed by atoms with Crippen LogP contribution in [0.5, 0.6) is 11.5 Å². The molecule has 2 heterocycles. The number of hydrogen-bond acceptors (Lipinski definition) is 4. The largest absolute Gasteiger partial charge is 0.478 e. The maximum absolute atomic E-state index is 12.7. The molecule has 3 aliphatic rings. The Morgan fingerprint density at radius 3 is 2.68 bits per heavy atom. The number of rotatable bonds is 2. The molecule has 0 spiro atoms. The molecule has 1 fully saturated rings. The lowest BCUT2D eigenvalue weighted by Gasteiger charge is -2.29. The molecule has 5 rings (SSSR count). The van der Waals surface area contributed by atoms with Crippen LogP contribution in [0.3, 0.4) is 0 Å². The molecular formula is C20H16BrNO3. The van der Waals surface area contributed by atoms with Crippen LogP contribution >= 0.6 is 15.9 Å². The maximum atomic E-state index is 12.7. The Bertz CT molecular complexity index is 900. The lowest BCUT2D eigenvalue weighted by Crippen LogP contribution is -2.33. The minimum Gasteiger partial charge on any atom is -0.478 e. The van der Waals surface area contributed by atoms with Crippen LogP contribution in [-0.4, -0.2) is 23.5 Å². The van der Waals surface area contributed by atoms with Crippen molar-refractivity contribution in [1.29, 1.82) is 0 Å². The summed E-state index contributed by atoms with van der Waals surface area (Å²) in [7, 11) is 0. The first kappa shape index (κ1) is 15.2. The van der Waals surface area contributed by atoms with Crippen LogP contribution in [0.2, 0.25) is 0 Å². The van der Waals surface area contributed by atoms with E-state index in [0.29, 0.717) is 29.8 Å². The van der Waals surface area contributed by atoms with Gasteiger partial charge in [-0.1, -0.05) is 28.1 Å². The van der Waals surface area contributed by atoms with Crippen molar-refractivity contribution in [2.75, 3.05) is 6.73 Å². The average molecular weight is 398 g/mol. The van der Waals surface area contributed by atoms with Crippen LogP contribution in [0.25, 0.3) is 6.08 Å². The second-order valence-electron chi connectivity index (χ2n) is 6.66. The zero-order valence-electron chi connectivity index (χ0n) is 13.5. The summed E-state index contributed by atoms with van der Waals surface area (Å²) in [6, 6.07) is 12.1. The molecule has 0 radical (unpaired) electrons. The summed E-state index contributed by atoms with van der Waals surface area (Å²) in [5.74, 6) is 1.79. The Morgan fingerprint density at radius 1 is 1.12 bits per heavy atom.